The Hall–Kier alpha value is -3.16. The van der Waals surface area contributed by atoms with Crippen LogP contribution in [0.4, 0.5) is 10.3 Å². The standard InChI is InChI=1S/C20H23FN6O/c1-13(28)23-9-14-6-7-17(24-10-14)15-11-25-19(26-12-15)27-20(2,3)18-16(21)5-4-8-22-18/h4-5,8,10-12H,6-7,9H2,1-3H3,(H,23,28)(H,25,26,27). The number of nitrogens with zero attached hydrogens (tertiary/aromatic N) is 4. The van der Waals surface area contributed by atoms with Crippen molar-refractivity contribution >= 4 is 17.6 Å². The van der Waals surface area contributed by atoms with Gasteiger partial charge < -0.3 is 10.6 Å². The van der Waals surface area contributed by atoms with Crippen LogP contribution in [0.3, 0.4) is 0 Å². The van der Waals surface area contributed by atoms with E-state index in [0.29, 0.717) is 18.2 Å². The topological polar surface area (TPSA) is 92.2 Å². The Morgan fingerprint density at radius 2 is 1.96 bits per heavy atom. The van der Waals surface area contributed by atoms with Crippen LogP contribution in [0.15, 0.2) is 47.5 Å². The fourth-order valence-corrected chi connectivity index (χ4v) is 2.89. The van der Waals surface area contributed by atoms with E-state index in [0.717, 1.165) is 29.7 Å². The van der Waals surface area contributed by atoms with Crippen molar-refractivity contribution < 1.29 is 9.18 Å². The molecule has 2 aromatic rings. The molecule has 3 heterocycles. The minimum Gasteiger partial charge on any atom is -0.353 e. The lowest BCUT2D eigenvalue weighted by molar-refractivity contribution is -0.118. The van der Waals surface area contributed by atoms with Gasteiger partial charge in [-0.05, 0) is 44.4 Å². The van der Waals surface area contributed by atoms with Gasteiger partial charge in [-0.2, -0.15) is 0 Å². The summed E-state index contributed by atoms with van der Waals surface area (Å²) in [4.78, 5) is 28.3. The summed E-state index contributed by atoms with van der Waals surface area (Å²) in [6.07, 6.45) is 8.32. The maximum absolute atomic E-state index is 14.0. The minimum atomic E-state index is -0.767. The first kappa shape index (κ1) is 19.6. The first-order valence-electron chi connectivity index (χ1n) is 9.06. The van der Waals surface area contributed by atoms with Crippen molar-refractivity contribution in [2.24, 2.45) is 4.99 Å². The highest BCUT2D eigenvalue weighted by atomic mass is 19.1. The van der Waals surface area contributed by atoms with E-state index in [-0.39, 0.29) is 11.7 Å². The monoisotopic (exact) mass is 382 g/mol. The molecule has 2 aromatic heterocycles. The number of hydrogen-bond acceptors (Lipinski definition) is 6. The van der Waals surface area contributed by atoms with Gasteiger partial charge in [-0.25, -0.2) is 14.4 Å². The molecule has 0 saturated heterocycles. The average molecular weight is 382 g/mol. The fraction of sp³-hybridized carbons (Fsp3) is 0.350. The van der Waals surface area contributed by atoms with Gasteiger partial charge in [0.2, 0.25) is 11.9 Å². The second-order valence-electron chi connectivity index (χ2n) is 7.15. The van der Waals surface area contributed by atoms with Crippen LogP contribution in [-0.2, 0) is 10.3 Å². The second-order valence-corrected chi connectivity index (χ2v) is 7.15. The lowest BCUT2D eigenvalue weighted by Crippen LogP contribution is -2.31. The molecule has 28 heavy (non-hydrogen) atoms. The zero-order chi connectivity index (χ0) is 20.1. The normalized spacial score (nSPS) is 14.1. The molecule has 0 saturated carbocycles. The van der Waals surface area contributed by atoms with Crippen LogP contribution in [-0.4, -0.2) is 33.1 Å². The Bertz CT molecular complexity index is 921. The Morgan fingerprint density at radius 1 is 1.21 bits per heavy atom. The summed E-state index contributed by atoms with van der Waals surface area (Å²) in [6.45, 7) is 5.66. The lowest BCUT2D eigenvalue weighted by atomic mass is 9.99. The van der Waals surface area contributed by atoms with Gasteiger partial charge in [0.15, 0.2) is 0 Å². The molecule has 0 radical (unpaired) electrons. The Morgan fingerprint density at radius 3 is 2.57 bits per heavy atom. The van der Waals surface area contributed by atoms with E-state index in [1.807, 2.05) is 13.8 Å². The number of nitrogens with one attached hydrogen (secondary N) is 2. The van der Waals surface area contributed by atoms with Gasteiger partial charge in [-0.3, -0.25) is 14.8 Å². The summed E-state index contributed by atoms with van der Waals surface area (Å²) >= 11 is 0. The predicted molar refractivity (Wildman–Crippen MR) is 105 cm³/mol. The number of amides is 1. The average Bonchev–Trinajstić information content (AvgIpc) is 2.67. The van der Waals surface area contributed by atoms with Crippen molar-refractivity contribution in [1.29, 1.82) is 0 Å². The summed E-state index contributed by atoms with van der Waals surface area (Å²) in [5.74, 6) is -0.0483. The van der Waals surface area contributed by atoms with Crippen molar-refractivity contribution in [3.63, 3.8) is 0 Å². The molecule has 1 amide bonds. The lowest BCUT2D eigenvalue weighted by Gasteiger charge is -2.26. The molecule has 0 fully saturated rings. The number of hydrogen-bond donors (Lipinski definition) is 2. The second kappa shape index (κ2) is 8.24. The van der Waals surface area contributed by atoms with Crippen LogP contribution in [0, 0.1) is 5.82 Å². The van der Waals surface area contributed by atoms with Gasteiger partial charge in [0, 0.05) is 43.8 Å². The summed E-state index contributed by atoms with van der Waals surface area (Å²) in [6, 6.07) is 2.94. The van der Waals surface area contributed by atoms with Crippen LogP contribution in [0.1, 0.15) is 44.9 Å². The van der Waals surface area contributed by atoms with E-state index in [4.69, 9.17) is 0 Å². The smallest absolute Gasteiger partial charge is 0.223 e. The molecule has 7 nitrogen and oxygen atoms in total. The van der Waals surface area contributed by atoms with E-state index >= 15 is 0 Å². The first-order valence-corrected chi connectivity index (χ1v) is 9.06. The molecule has 1 aliphatic heterocycles. The molecule has 0 aromatic carbocycles. The molecule has 0 bridgehead atoms. The molecule has 1 aliphatic rings. The molecule has 2 N–H and O–H groups in total. The van der Waals surface area contributed by atoms with E-state index in [1.54, 1.807) is 30.9 Å². The van der Waals surface area contributed by atoms with Crippen molar-refractivity contribution in [2.75, 3.05) is 11.9 Å². The van der Waals surface area contributed by atoms with Gasteiger partial charge >= 0.3 is 0 Å². The van der Waals surface area contributed by atoms with Crippen LogP contribution in [0.2, 0.25) is 0 Å². The zero-order valence-electron chi connectivity index (χ0n) is 16.2. The summed E-state index contributed by atoms with van der Waals surface area (Å²) in [5.41, 5.74) is 2.35. The quantitative estimate of drug-likeness (QED) is 0.801. The van der Waals surface area contributed by atoms with Crippen molar-refractivity contribution in [3.05, 3.63) is 59.6 Å². The third-order valence-electron chi connectivity index (χ3n) is 4.41. The van der Waals surface area contributed by atoms with Gasteiger partial charge in [0.05, 0.1) is 11.3 Å². The van der Waals surface area contributed by atoms with Gasteiger partial charge in [-0.1, -0.05) is 0 Å². The van der Waals surface area contributed by atoms with Crippen molar-refractivity contribution in [3.8, 4) is 0 Å². The Kier molecular flexibility index (Phi) is 5.77. The maximum Gasteiger partial charge on any atom is 0.223 e. The molecule has 0 spiro atoms. The highest BCUT2D eigenvalue weighted by Crippen LogP contribution is 2.24. The van der Waals surface area contributed by atoms with E-state index in [1.165, 1.54) is 13.0 Å². The molecular formula is C20H23FN6O. The SMILES string of the molecule is CC(=O)NCC1=CN=C(c2cnc(NC(C)(C)c3ncccc3F)nc2)CC1. The van der Waals surface area contributed by atoms with Gasteiger partial charge in [0.25, 0.3) is 0 Å². The van der Waals surface area contributed by atoms with E-state index in [2.05, 4.69) is 30.6 Å². The van der Waals surface area contributed by atoms with E-state index in [9.17, 15) is 9.18 Å². The zero-order valence-corrected chi connectivity index (χ0v) is 16.2. The summed E-state index contributed by atoms with van der Waals surface area (Å²) in [5, 5.41) is 5.90. The van der Waals surface area contributed by atoms with Gasteiger partial charge in [-0.15, -0.1) is 0 Å². The first-order chi connectivity index (χ1) is 13.3. The summed E-state index contributed by atoms with van der Waals surface area (Å²) < 4.78 is 14.0. The number of aromatic nitrogens is 3. The van der Waals surface area contributed by atoms with Crippen molar-refractivity contribution in [1.82, 2.24) is 20.3 Å². The molecule has 146 valence electrons. The van der Waals surface area contributed by atoms with Gasteiger partial charge in [0.1, 0.15) is 11.5 Å². The van der Waals surface area contributed by atoms with Crippen LogP contribution >= 0.6 is 0 Å². The Balaban J connectivity index is 1.69. The number of pyridine rings is 1. The Labute approximate surface area is 163 Å². The van der Waals surface area contributed by atoms with Crippen LogP contribution in [0.25, 0.3) is 0 Å². The molecule has 0 atom stereocenters. The maximum atomic E-state index is 14.0. The largest absolute Gasteiger partial charge is 0.353 e. The number of anilines is 1. The fourth-order valence-electron chi connectivity index (χ4n) is 2.89. The van der Waals surface area contributed by atoms with E-state index < -0.39 is 5.54 Å². The number of carbonyl (C=O) groups is 1. The third kappa shape index (κ3) is 4.76. The van der Waals surface area contributed by atoms with Crippen LogP contribution < -0.4 is 10.6 Å². The number of aliphatic imine (C=N–C) groups is 1. The number of halogens is 1. The molecular weight excluding hydrogens is 359 g/mol. The third-order valence-corrected chi connectivity index (χ3v) is 4.41. The van der Waals surface area contributed by atoms with Crippen molar-refractivity contribution in [2.45, 2.75) is 39.2 Å². The highest BCUT2D eigenvalue weighted by Gasteiger charge is 2.26. The molecule has 3 rings (SSSR count). The molecule has 8 heteroatoms. The predicted octanol–water partition coefficient (Wildman–Crippen LogP) is 2.96. The summed E-state index contributed by atoms with van der Waals surface area (Å²) in [7, 11) is 0. The highest BCUT2D eigenvalue weighted by molar-refractivity contribution is 6.01. The molecule has 0 aliphatic carbocycles. The van der Waals surface area contributed by atoms with Crippen LogP contribution in [0.5, 0.6) is 0 Å². The number of carbonyl (C=O) groups excluding carboxylic acids is 1. The minimum absolute atomic E-state index is 0.0549. The molecule has 0 unspecified atom stereocenters. The number of rotatable bonds is 6.